The van der Waals surface area contributed by atoms with E-state index < -0.39 is 0 Å². The molecule has 4 N–H and O–H groups in total. The zero-order chi connectivity index (χ0) is 16.5. The number of nitrogens with two attached hydrogens (primary N) is 1. The summed E-state index contributed by atoms with van der Waals surface area (Å²) < 4.78 is 5.19. The Bertz CT molecular complexity index is 690. The summed E-state index contributed by atoms with van der Waals surface area (Å²) in [5, 5.41) is 11.8. The lowest BCUT2D eigenvalue weighted by Gasteiger charge is -2.08. The molecule has 0 aliphatic rings. The number of aliphatic hydroxyl groups is 1. The first-order chi connectivity index (χ1) is 11.2. The number of benzene rings is 1. The van der Waals surface area contributed by atoms with E-state index >= 15 is 0 Å². The minimum Gasteiger partial charge on any atom is -0.394 e. The van der Waals surface area contributed by atoms with E-state index in [-0.39, 0.29) is 12.6 Å². The molecule has 120 valence electrons. The second kappa shape index (κ2) is 8.73. The van der Waals surface area contributed by atoms with Crippen molar-refractivity contribution in [1.82, 2.24) is 9.97 Å². The highest BCUT2D eigenvalue weighted by Gasteiger charge is 2.03. The minimum atomic E-state index is 0.00767. The molecule has 6 heteroatoms. The molecule has 0 unspecified atom stereocenters. The quantitative estimate of drug-likeness (QED) is 0.548. The molecule has 0 amide bonds. The molecule has 1 heterocycles. The number of anilines is 2. The van der Waals surface area contributed by atoms with Crippen molar-refractivity contribution in [2.45, 2.75) is 6.92 Å². The molecule has 0 bridgehead atoms. The second-order valence-corrected chi connectivity index (χ2v) is 4.87. The summed E-state index contributed by atoms with van der Waals surface area (Å²) in [4.78, 5) is 8.15. The number of ether oxygens (including phenoxy) is 1. The molecule has 6 nitrogen and oxygen atoms in total. The van der Waals surface area contributed by atoms with Gasteiger partial charge in [0.05, 0.1) is 31.6 Å². The molecule has 2 aromatic rings. The number of hydrogen-bond acceptors (Lipinski definition) is 6. The molecular weight excluding hydrogens is 292 g/mol. The topological polar surface area (TPSA) is 93.3 Å². The Labute approximate surface area is 135 Å². The minimum absolute atomic E-state index is 0.00767. The summed E-state index contributed by atoms with van der Waals surface area (Å²) in [6.45, 7) is 3.35. The van der Waals surface area contributed by atoms with Gasteiger partial charge in [-0.05, 0) is 19.1 Å². The van der Waals surface area contributed by atoms with E-state index in [0.29, 0.717) is 31.1 Å². The Balaban J connectivity index is 2.07. The molecule has 0 aliphatic carbocycles. The Morgan fingerprint density at radius 3 is 2.74 bits per heavy atom. The van der Waals surface area contributed by atoms with Gasteiger partial charge in [-0.3, -0.25) is 0 Å². The predicted molar refractivity (Wildman–Crippen MR) is 90.0 cm³/mol. The molecular formula is C17H20N4O2. The van der Waals surface area contributed by atoms with Gasteiger partial charge in [-0.1, -0.05) is 29.5 Å². The Hall–Kier alpha value is -2.62. The van der Waals surface area contributed by atoms with Crippen molar-refractivity contribution in [1.29, 1.82) is 0 Å². The maximum Gasteiger partial charge on any atom is 0.222 e. The van der Waals surface area contributed by atoms with Crippen LogP contribution in [0.3, 0.4) is 0 Å². The summed E-state index contributed by atoms with van der Waals surface area (Å²) in [5.74, 6) is 6.90. The molecule has 0 radical (unpaired) electrons. The molecule has 1 aromatic heterocycles. The van der Waals surface area contributed by atoms with Crippen LogP contribution in [0.5, 0.6) is 0 Å². The van der Waals surface area contributed by atoms with E-state index in [1.54, 1.807) is 6.20 Å². The van der Waals surface area contributed by atoms with Crippen molar-refractivity contribution < 1.29 is 9.84 Å². The number of rotatable bonds is 6. The summed E-state index contributed by atoms with van der Waals surface area (Å²) in [6.07, 6.45) is 1.60. The smallest absolute Gasteiger partial charge is 0.222 e. The highest BCUT2D eigenvalue weighted by Crippen LogP contribution is 2.11. The summed E-state index contributed by atoms with van der Waals surface area (Å²) in [6, 6.07) is 7.97. The van der Waals surface area contributed by atoms with Gasteiger partial charge in [0.2, 0.25) is 5.95 Å². The van der Waals surface area contributed by atoms with E-state index in [2.05, 4.69) is 27.1 Å². The number of aromatic nitrogens is 2. The molecule has 0 aliphatic heterocycles. The van der Waals surface area contributed by atoms with Gasteiger partial charge in [-0.15, -0.1) is 0 Å². The van der Waals surface area contributed by atoms with Crippen LogP contribution in [-0.4, -0.2) is 41.4 Å². The van der Waals surface area contributed by atoms with E-state index in [4.69, 9.17) is 15.6 Å². The first kappa shape index (κ1) is 16.7. The zero-order valence-electron chi connectivity index (χ0n) is 13.0. The molecule has 0 spiro atoms. The number of aliphatic hydroxyl groups excluding tert-OH is 1. The molecule has 0 saturated heterocycles. The van der Waals surface area contributed by atoms with Crippen LogP contribution in [-0.2, 0) is 4.74 Å². The van der Waals surface area contributed by atoms with Crippen LogP contribution in [0, 0.1) is 18.8 Å². The van der Waals surface area contributed by atoms with Crippen molar-refractivity contribution >= 4 is 11.8 Å². The maximum absolute atomic E-state index is 8.66. The highest BCUT2D eigenvalue weighted by molar-refractivity contribution is 5.56. The van der Waals surface area contributed by atoms with Crippen LogP contribution in [0.1, 0.15) is 16.7 Å². The van der Waals surface area contributed by atoms with E-state index in [1.165, 1.54) is 5.56 Å². The van der Waals surface area contributed by atoms with Crippen molar-refractivity contribution in [2.75, 3.05) is 37.4 Å². The van der Waals surface area contributed by atoms with Crippen molar-refractivity contribution in [3.05, 3.63) is 47.2 Å². The Morgan fingerprint density at radius 2 is 2.00 bits per heavy atom. The van der Waals surface area contributed by atoms with Crippen LogP contribution in [0.25, 0.3) is 0 Å². The first-order valence-corrected chi connectivity index (χ1v) is 7.32. The van der Waals surface area contributed by atoms with E-state index in [9.17, 15) is 0 Å². The monoisotopic (exact) mass is 312 g/mol. The van der Waals surface area contributed by atoms with Gasteiger partial charge < -0.3 is 20.9 Å². The number of nitrogens with zero attached hydrogens (tertiary/aromatic N) is 2. The largest absolute Gasteiger partial charge is 0.394 e. The number of hydrogen-bond donors (Lipinski definition) is 3. The highest BCUT2D eigenvalue weighted by atomic mass is 16.5. The molecule has 0 atom stereocenters. The normalized spacial score (nSPS) is 10.0. The third-order valence-electron chi connectivity index (χ3n) is 2.97. The SMILES string of the molecule is Cc1ccc(C#Cc2cnc(N)nc2NCCOCCO)cc1. The third-order valence-corrected chi connectivity index (χ3v) is 2.97. The Morgan fingerprint density at radius 1 is 1.22 bits per heavy atom. The molecule has 0 saturated carbocycles. The van der Waals surface area contributed by atoms with Gasteiger partial charge in [-0.2, -0.15) is 4.98 Å². The fourth-order valence-electron chi connectivity index (χ4n) is 1.81. The first-order valence-electron chi connectivity index (χ1n) is 7.32. The zero-order valence-corrected chi connectivity index (χ0v) is 13.0. The third kappa shape index (κ3) is 5.58. The lowest BCUT2D eigenvalue weighted by Crippen LogP contribution is -2.13. The Kier molecular flexibility index (Phi) is 6.36. The molecule has 0 fully saturated rings. The van der Waals surface area contributed by atoms with Gasteiger partial charge in [0.1, 0.15) is 5.82 Å². The average molecular weight is 312 g/mol. The lowest BCUT2D eigenvalue weighted by molar-refractivity contribution is 0.0992. The van der Waals surface area contributed by atoms with Gasteiger partial charge >= 0.3 is 0 Å². The predicted octanol–water partition coefficient (Wildman–Crippen LogP) is 1.19. The van der Waals surface area contributed by atoms with Gasteiger partial charge in [0, 0.05) is 12.1 Å². The van der Waals surface area contributed by atoms with Gasteiger partial charge in [0.15, 0.2) is 0 Å². The maximum atomic E-state index is 8.66. The van der Waals surface area contributed by atoms with Crippen molar-refractivity contribution in [2.24, 2.45) is 0 Å². The van der Waals surface area contributed by atoms with E-state index in [0.717, 1.165) is 5.56 Å². The number of nitrogens with one attached hydrogen (secondary N) is 1. The van der Waals surface area contributed by atoms with Crippen LogP contribution in [0.2, 0.25) is 0 Å². The average Bonchev–Trinajstić information content (AvgIpc) is 2.55. The fraction of sp³-hybridized carbons (Fsp3) is 0.294. The molecule has 2 rings (SSSR count). The summed E-state index contributed by atoms with van der Waals surface area (Å²) in [5.41, 5.74) is 8.41. The fourth-order valence-corrected chi connectivity index (χ4v) is 1.81. The lowest BCUT2D eigenvalue weighted by atomic mass is 10.1. The second-order valence-electron chi connectivity index (χ2n) is 4.87. The number of aryl methyl sites for hydroxylation is 1. The van der Waals surface area contributed by atoms with Crippen molar-refractivity contribution in [3.8, 4) is 11.8 Å². The standard InChI is InChI=1S/C17H20N4O2/c1-13-2-4-14(5-3-13)6-7-15-12-20-17(18)21-16(15)19-8-10-23-11-9-22/h2-5,12,22H,8-11H2,1H3,(H3,18,19,20,21). The van der Waals surface area contributed by atoms with Crippen LogP contribution in [0.15, 0.2) is 30.5 Å². The number of nitrogen functional groups attached to an aromatic ring is 1. The molecule has 1 aromatic carbocycles. The van der Waals surface area contributed by atoms with E-state index in [1.807, 2.05) is 31.2 Å². The van der Waals surface area contributed by atoms with Crippen molar-refractivity contribution in [3.63, 3.8) is 0 Å². The summed E-state index contributed by atoms with van der Waals surface area (Å²) >= 11 is 0. The van der Waals surface area contributed by atoms with Crippen LogP contribution < -0.4 is 11.1 Å². The van der Waals surface area contributed by atoms with Crippen LogP contribution >= 0.6 is 0 Å². The van der Waals surface area contributed by atoms with Gasteiger partial charge in [-0.25, -0.2) is 4.98 Å². The van der Waals surface area contributed by atoms with Gasteiger partial charge in [0.25, 0.3) is 0 Å². The molecule has 23 heavy (non-hydrogen) atoms. The summed E-state index contributed by atoms with van der Waals surface area (Å²) in [7, 11) is 0. The van der Waals surface area contributed by atoms with Crippen LogP contribution in [0.4, 0.5) is 11.8 Å².